The second kappa shape index (κ2) is 5.36. The molecule has 2 aromatic rings. The lowest BCUT2D eigenvalue weighted by Gasteiger charge is -2.05. The van der Waals surface area contributed by atoms with Gasteiger partial charge in [-0.25, -0.2) is 15.0 Å². The Morgan fingerprint density at radius 1 is 1.11 bits per heavy atom. The predicted molar refractivity (Wildman–Crippen MR) is 73.8 cm³/mol. The zero-order valence-electron chi connectivity index (χ0n) is 10.6. The summed E-state index contributed by atoms with van der Waals surface area (Å²) >= 11 is 0. The Labute approximate surface area is 107 Å². The maximum atomic E-state index is 4.48. The van der Waals surface area contributed by atoms with E-state index in [4.69, 9.17) is 0 Å². The van der Waals surface area contributed by atoms with Crippen LogP contribution in [0.25, 0.3) is 17.0 Å². The van der Waals surface area contributed by atoms with Crippen LogP contribution in [0.1, 0.15) is 18.6 Å². The molecule has 0 fully saturated rings. The van der Waals surface area contributed by atoms with Crippen LogP contribution in [0, 0.1) is 6.92 Å². The summed E-state index contributed by atoms with van der Waals surface area (Å²) in [6.07, 6.45) is 3.69. The zero-order chi connectivity index (χ0) is 13.0. The molecule has 0 bridgehead atoms. The Hall–Kier alpha value is -2.29. The van der Waals surface area contributed by atoms with Crippen LogP contribution < -0.4 is 0 Å². The summed E-state index contributed by atoms with van der Waals surface area (Å²) in [5.74, 6) is 2.07. The van der Waals surface area contributed by atoms with Gasteiger partial charge in [0.1, 0.15) is 5.82 Å². The summed E-state index contributed by atoms with van der Waals surface area (Å²) in [5, 5.41) is 0. The minimum absolute atomic E-state index is 0.666. The predicted octanol–water partition coefficient (Wildman–Crippen LogP) is 3.44. The van der Waals surface area contributed by atoms with Crippen LogP contribution in [-0.4, -0.2) is 15.0 Å². The van der Waals surface area contributed by atoms with Gasteiger partial charge in [0.2, 0.25) is 0 Å². The highest BCUT2D eigenvalue weighted by molar-refractivity contribution is 5.69. The molecule has 0 aliphatic carbocycles. The maximum absolute atomic E-state index is 4.48. The first-order chi connectivity index (χ1) is 8.74. The van der Waals surface area contributed by atoms with Crippen molar-refractivity contribution in [3.05, 3.63) is 60.7 Å². The number of aromatic nitrogens is 3. The normalized spacial score (nSPS) is 11.3. The van der Waals surface area contributed by atoms with Crippen LogP contribution in [0.15, 0.2) is 49.1 Å². The SMILES string of the molecule is C=C/C(=C\C)c1nc(C)nc(-c2ccccc2)n1. The van der Waals surface area contributed by atoms with E-state index in [1.54, 1.807) is 6.08 Å². The van der Waals surface area contributed by atoms with Crippen LogP contribution in [0.3, 0.4) is 0 Å². The molecular formula is C15H15N3. The largest absolute Gasteiger partial charge is 0.213 e. The van der Waals surface area contributed by atoms with Gasteiger partial charge >= 0.3 is 0 Å². The molecule has 18 heavy (non-hydrogen) atoms. The van der Waals surface area contributed by atoms with E-state index in [9.17, 15) is 0 Å². The first-order valence-electron chi connectivity index (χ1n) is 5.82. The van der Waals surface area contributed by atoms with Crippen molar-refractivity contribution in [2.24, 2.45) is 0 Å². The van der Waals surface area contributed by atoms with E-state index in [1.165, 1.54) is 0 Å². The number of rotatable bonds is 3. The van der Waals surface area contributed by atoms with Gasteiger partial charge in [-0.1, -0.05) is 49.1 Å². The van der Waals surface area contributed by atoms with E-state index >= 15 is 0 Å². The van der Waals surface area contributed by atoms with E-state index in [0.717, 1.165) is 11.1 Å². The number of benzene rings is 1. The molecule has 0 radical (unpaired) electrons. The van der Waals surface area contributed by atoms with E-state index in [1.807, 2.05) is 50.3 Å². The maximum Gasteiger partial charge on any atom is 0.163 e. The second-order valence-corrected chi connectivity index (χ2v) is 3.84. The van der Waals surface area contributed by atoms with Crippen molar-refractivity contribution in [2.75, 3.05) is 0 Å². The average molecular weight is 237 g/mol. The first-order valence-corrected chi connectivity index (χ1v) is 5.82. The van der Waals surface area contributed by atoms with E-state index in [-0.39, 0.29) is 0 Å². The van der Waals surface area contributed by atoms with Crippen LogP contribution in [-0.2, 0) is 0 Å². The van der Waals surface area contributed by atoms with Crippen LogP contribution in [0.2, 0.25) is 0 Å². The third kappa shape index (κ3) is 2.51. The Morgan fingerprint density at radius 2 is 1.83 bits per heavy atom. The molecule has 1 aromatic carbocycles. The standard InChI is InChI=1S/C15H15N3/c1-4-12(5-2)14-16-11(3)17-15(18-14)13-9-7-6-8-10-13/h4-10H,1H2,2-3H3/b12-5+. The van der Waals surface area contributed by atoms with E-state index < -0.39 is 0 Å². The Kier molecular flexibility index (Phi) is 3.63. The lowest BCUT2D eigenvalue weighted by atomic mass is 10.2. The van der Waals surface area contributed by atoms with Crippen molar-refractivity contribution in [1.29, 1.82) is 0 Å². The minimum atomic E-state index is 0.666. The van der Waals surface area contributed by atoms with Crippen molar-refractivity contribution < 1.29 is 0 Å². The molecule has 0 spiro atoms. The highest BCUT2D eigenvalue weighted by Crippen LogP contribution is 2.17. The van der Waals surface area contributed by atoms with Crippen molar-refractivity contribution >= 4 is 5.57 Å². The number of hydrogen-bond acceptors (Lipinski definition) is 3. The van der Waals surface area contributed by atoms with Gasteiger partial charge in [-0.2, -0.15) is 0 Å². The summed E-state index contributed by atoms with van der Waals surface area (Å²) < 4.78 is 0. The van der Waals surface area contributed by atoms with E-state index in [0.29, 0.717) is 17.5 Å². The molecule has 0 aliphatic rings. The van der Waals surface area contributed by atoms with Crippen molar-refractivity contribution in [1.82, 2.24) is 15.0 Å². The van der Waals surface area contributed by atoms with Gasteiger partial charge in [-0.3, -0.25) is 0 Å². The molecule has 0 saturated carbocycles. The molecule has 0 saturated heterocycles. The van der Waals surface area contributed by atoms with Crippen molar-refractivity contribution in [3.8, 4) is 11.4 Å². The molecular weight excluding hydrogens is 222 g/mol. The van der Waals surface area contributed by atoms with Crippen LogP contribution >= 0.6 is 0 Å². The van der Waals surface area contributed by atoms with Gasteiger partial charge in [-0.15, -0.1) is 0 Å². The summed E-state index contributed by atoms with van der Waals surface area (Å²) in [5.41, 5.74) is 1.90. The summed E-state index contributed by atoms with van der Waals surface area (Å²) in [6.45, 7) is 7.58. The third-order valence-electron chi connectivity index (χ3n) is 2.57. The molecule has 3 heteroatoms. The molecule has 3 nitrogen and oxygen atoms in total. The quantitative estimate of drug-likeness (QED) is 0.767. The summed E-state index contributed by atoms with van der Waals surface area (Å²) in [7, 11) is 0. The second-order valence-electron chi connectivity index (χ2n) is 3.84. The topological polar surface area (TPSA) is 38.7 Å². The molecule has 1 heterocycles. The Bertz CT molecular complexity index is 586. The fraction of sp³-hybridized carbons (Fsp3) is 0.133. The smallest absolute Gasteiger partial charge is 0.163 e. The van der Waals surface area contributed by atoms with Crippen LogP contribution in [0.4, 0.5) is 0 Å². The van der Waals surface area contributed by atoms with E-state index in [2.05, 4.69) is 21.5 Å². The Morgan fingerprint density at radius 3 is 2.44 bits per heavy atom. The van der Waals surface area contributed by atoms with Gasteiger partial charge in [0.25, 0.3) is 0 Å². The highest BCUT2D eigenvalue weighted by Gasteiger charge is 2.07. The lowest BCUT2D eigenvalue weighted by Crippen LogP contribution is -2.01. The highest BCUT2D eigenvalue weighted by atomic mass is 15.0. The van der Waals surface area contributed by atoms with Gasteiger partial charge in [0, 0.05) is 11.1 Å². The summed E-state index contributed by atoms with van der Waals surface area (Å²) in [6, 6.07) is 9.89. The summed E-state index contributed by atoms with van der Waals surface area (Å²) in [4.78, 5) is 13.2. The van der Waals surface area contributed by atoms with Crippen molar-refractivity contribution in [3.63, 3.8) is 0 Å². The minimum Gasteiger partial charge on any atom is -0.213 e. The number of nitrogens with zero attached hydrogens (tertiary/aromatic N) is 3. The van der Waals surface area contributed by atoms with Crippen LogP contribution in [0.5, 0.6) is 0 Å². The molecule has 0 atom stereocenters. The monoisotopic (exact) mass is 237 g/mol. The average Bonchev–Trinajstić information content (AvgIpc) is 2.40. The van der Waals surface area contributed by atoms with Gasteiger partial charge < -0.3 is 0 Å². The van der Waals surface area contributed by atoms with Crippen molar-refractivity contribution in [2.45, 2.75) is 13.8 Å². The molecule has 0 N–H and O–H groups in total. The molecule has 0 amide bonds. The fourth-order valence-electron chi connectivity index (χ4n) is 1.67. The lowest BCUT2D eigenvalue weighted by molar-refractivity contribution is 0.962. The molecule has 0 unspecified atom stereocenters. The fourth-order valence-corrected chi connectivity index (χ4v) is 1.67. The number of allylic oxidation sites excluding steroid dienone is 3. The molecule has 1 aromatic heterocycles. The Balaban J connectivity index is 2.54. The molecule has 2 rings (SSSR count). The van der Waals surface area contributed by atoms with Gasteiger partial charge in [0.05, 0.1) is 0 Å². The van der Waals surface area contributed by atoms with Gasteiger partial charge in [-0.05, 0) is 13.8 Å². The van der Waals surface area contributed by atoms with Gasteiger partial charge in [0.15, 0.2) is 11.6 Å². The zero-order valence-corrected chi connectivity index (χ0v) is 10.6. The molecule has 90 valence electrons. The number of hydrogen-bond donors (Lipinski definition) is 0. The number of aryl methyl sites for hydroxylation is 1. The first kappa shape index (κ1) is 12.2. The third-order valence-corrected chi connectivity index (χ3v) is 2.57. The molecule has 0 aliphatic heterocycles.